The monoisotopic (exact) mass is 417 g/mol. The van der Waals surface area contributed by atoms with E-state index in [-0.39, 0.29) is 17.1 Å². The Morgan fingerprint density at radius 3 is 2.64 bits per heavy atom. The van der Waals surface area contributed by atoms with Crippen LogP contribution in [0.5, 0.6) is 5.75 Å². The van der Waals surface area contributed by atoms with Crippen LogP contribution in [-0.4, -0.2) is 28.0 Å². The number of hydrogen-bond donors (Lipinski definition) is 1. The highest BCUT2D eigenvalue weighted by Crippen LogP contribution is 2.23. The van der Waals surface area contributed by atoms with Gasteiger partial charge in [0.1, 0.15) is 11.3 Å². The summed E-state index contributed by atoms with van der Waals surface area (Å²) in [6.45, 7) is 4.23. The van der Waals surface area contributed by atoms with E-state index < -0.39 is 12.6 Å². The maximum Gasteiger partial charge on any atom is 0.342 e. The van der Waals surface area contributed by atoms with Crippen molar-refractivity contribution in [1.29, 1.82) is 0 Å². The number of benzene rings is 1. The van der Waals surface area contributed by atoms with E-state index >= 15 is 0 Å². The van der Waals surface area contributed by atoms with Crippen LogP contribution in [0.1, 0.15) is 37.0 Å². The fourth-order valence-corrected chi connectivity index (χ4v) is 3.93. The number of phenolic OH excluding ortho intramolecular Hbond substituents is 1. The van der Waals surface area contributed by atoms with E-state index in [4.69, 9.17) is 16.3 Å². The number of hydrogen-bond acceptors (Lipinski definition) is 5. The predicted molar refractivity (Wildman–Crippen MR) is 110 cm³/mol. The third-order valence-electron chi connectivity index (χ3n) is 4.55. The van der Waals surface area contributed by atoms with Crippen molar-refractivity contribution >= 4 is 34.7 Å². The van der Waals surface area contributed by atoms with Crippen molar-refractivity contribution < 1.29 is 19.4 Å². The summed E-state index contributed by atoms with van der Waals surface area (Å²) in [5.41, 5.74) is 2.35. The maximum atomic E-state index is 12.6. The summed E-state index contributed by atoms with van der Waals surface area (Å²) in [5, 5.41) is 12.1. The lowest BCUT2D eigenvalue weighted by atomic mass is 10.1. The molecule has 3 rings (SSSR count). The van der Waals surface area contributed by atoms with Gasteiger partial charge in [-0.25, -0.2) is 4.79 Å². The van der Waals surface area contributed by atoms with Crippen LogP contribution in [0.15, 0.2) is 41.8 Å². The zero-order chi connectivity index (χ0) is 20.3. The zero-order valence-corrected chi connectivity index (χ0v) is 17.1. The van der Waals surface area contributed by atoms with Gasteiger partial charge in [0.2, 0.25) is 5.78 Å². The van der Waals surface area contributed by atoms with Crippen molar-refractivity contribution in [2.75, 3.05) is 6.61 Å². The number of aryl methyl sites for hydroxylation is 2. The number of thiophene rings is 1. The third-order valence-corrected chi connectivity index (χ3v) is 5.72. The Kier molecular flexibility index (Phi) is 6.21. The molecule has 5 nitrogen and oxygen atoms in total. The second-order valence-corrected chi connectivity index (χ2v) is 7.90. The number of esters is 1. The molecule has 28 heavy (non-hydrogen) atoms. The molecule has 0 amide bonds. The number of halogens is 1. The molecule has 0 aliphatic rings. The van der Waals surface area contributed by atoms with Crippen LogP contribution >= 0.6 is 22.9 Å². The zero-order valence-electron chi connectivity index (χ0n) is 15.6. The summed E-state index contributed by atoms with van der Waals surface area (Å²) in [6, 6.07) is 10.0. The smallest absolute Gasteiger partial charge is 0.342 e. The topological polar surface area (TPSA) is 68.5 Å². The number of nitrogens with zero attached hydrogens (tertiary/aromatic N) is 1. The first kappa shape index (κ1) is 20.2. The fraction of sp³-hybridized carbons (Fsp3) is 0.238. The molecule has 7 heteroatoms. The van der Waals surface area contributed by atoms with Gasteiger partial charge in [-0.2, -0.15) is 0 Å². The van der Waals surface area contributed by atoms with Gasteiger partial charge in [-0.15, -0.1) is 11.3 Å². The Hall–Kier alpha value is -2.57. The Bertz CT molecular complexity index is 1010. The van der Waals surface area contributed by atoms with Crippen LogP contribution in [0.25, 0.3) is 0 Å². The number of Topliss-reactive ketones (excluding diaryl/α,β-unsaturated/α-hetero) is 1. The fourth-order valence-electron chi connectivity index (χ4n) is 3.07. The van der Waals surface area contributed by atoms with Crippen LogP contribution in [0.3, 0.4) is 0 Å². The summed E-state index contributed by atoms with van der Waals surface area (Å²) in [5.74, 6) is -1.33. The molecule has 0 saturated heterocycles. The SMILES string of the molecule is Cc1cc(C(=O)COC(=O)c2ccc(Cl)cc2O)c(C)n1CCc1cccs1. The third kappa shape index (κ3) is 4.46. The van der Waals surface area contributed by atoms with Crippen molar-refractivity contribution in [2.24, 2.45) is 0 Å². The van der Waals surface area contributed by atoms with Crippen LogP contribution < -0.4 is 0 Å². The van der Waals surface area contributed by atoms with E-state index in [1.807, 2.05) is 31.4 Å². The molecule has 0 radical (unpaired) electrons. The predicted octanol–water partition coefficient (Wildman–Crippen LogP) is 4.81. The lowest BCUT2D eigenvalue weighted by Gasteiger charge is -2.09. The van der Waals surface area contributed by atoms with Gasteiger partial charge in [0.25, 0.3) is 0 Å². The Labute approximate surface area is 172 Å². The molecule has 146 valence electrons. The number of ketones is 1. The van der Waals surface area contributed by atoms with Gasteiger partial charge in [-0.1, -0.05) is 17.7 Å². The highest BCUT2D eigenvalue weighted by atomic mass is 35.5. The largest absolute Gasteiger partial charge is 0.507 e. The summed E-state index contributed by atoms with van der Waals surface area (Å²) < 4.78 is 7.19. The van der Waals surface area contributed by atoms with Crippen LogP contribution in [-0.2, 0) is 17.7 Å². The number of ether oxygens (including phenoxy) is 1. The summed E-state index contributed by atoms with van der Waals surface area (Å²) >= 11 is 7.47. The van der Waals surface area contributed by atoms with E-state index in [2.05, 4.69) is 10.6 Å². The van der Waals surface area contributed by atoms with E-state index in [0.29, 0.717) is 10.6 Å². The number of carbonyl (C=O) groups excluding carboxylic acids is 2. The van der Waals surface area contributed by atoms with Gasteiger partial charge in [0, 0.05) is 33.4 Å². The van der Waals surface area contributed by atoms with Crippen LogP contribution in [0, 0.1) is 13.8 Å². The quantitative estimate of drug-likeness (QED) is 0.442. The highest BCUT2D eigenvalue weighted by molar-refractivity contribution is 7.09. The van der Waals surface area contributed by atoms with E-state index in [1.165, 1.54) is 23.1 Å². The first-order chi connectivity index (χ1) is 13.4. The van der Waals surface area contributed by atoms with Gasteiger partial charge in [0.05, 0.1) is 0 Å². The molecule has 0 spiro atoms. The average Bonchev–Trinajstić information content (AvgIpc) is 3.26. The molecule has 0 bridgehead atoms. The second-order valence-electron chi connectivity index (χ2n) is 6.43. The van der Waals surface area contributed by atoms with Crippen molar-refractivity contribution in [1.82, 2.24) is 4.57 Å². The van der Waals surface area contributed by atoms with Crippen molar-refractivity contribution in [3.05, 3.63) is 74.2 Å². The van der Waals surface area contributed by atoms with Crippen molar-refractivity contribution in [3.63, 3.8) is 0 Å². The molecule has 0 aliphatic heterocycles. The second kappa shape index (κ2) is 8.63. The van der Waals surface area contributed by atoms with Gasteiger partial charge >= 0.3 is 5.97 Å². The molecule has 0 fully saturated rings. The van der Waals surface area contributed by atoms with E-state index in [0.717, 1.165) is 24.4 Å². The average molecular weight is 418 g/mol. The molecular formula is C21H20ClNO4S. The van der Waals surface area contributed by atoms with Crippen molar-refractivity contribution in [3.8, 4) is 5.75 Å². The highest BCUT2D eigenvalue weighted by Gasteiger charge is 2.19. The van der Waals surface area contributed by atoms with Gasteiger partial charge < -0.3 is 14.4 Å². The summed E-state index contributed by atoms with van der Waals surface area (Å²) in [6.07, 6.45) is 0.895. The van der Waals surface area contributed by atoms with Gasteiger partial charge in [-0.3, -0.25) is 4.79 Å². The summed E-state index contributed by atoms with van der Waals surface area (Å²) in [7, 11) is 0. The Morgan fingerprint density at radius 1 is 1.18 bits per heavy atom. The minimum Gasteiger partial charge on any atom is -0.507 e. The van der Waals surface area contributed by atoms with E-state index in [1.54, 1.807) is 11.3 Å². The lowest BCUT2D eigenvalue weighted by Crippen LogP contribution is -2.15. The van der Waals surface area contributed by atoms with Gasteiger partial charge in [-0.05, 0) is 56.0 Å². The van der Waals surface area contributed by atoms with Crippen LogP contribution in [0.2, 0.25) is 5.02 Å². The standard InChI is InChI=1S/C21H20ClNO4S/c1-13-10-18(14(2)23(13)8-7-16-4-3-9-28-16)20(25)12-27-21(26)17-6-5-15(22)11-19(17)24/h3-6,9-11,24H,7-8,12H2,1-2H3. The lowest BCUT2D eigenvalue weighted by molar-refractivity contribution is 0.0471. The van der Waals surface area contributed by atoms with E-state index in [9.17, 15) is 14.7 Å². The molecule has 0 unspecified atom stereocenters. The minimum atomic E-state index is -0.769. The summed E-state index contributed by atoms with van der Waals surface area (Å²) in [4.78, 5) is 26.0. The minimum absolute atomic E-state index is 0.0291. The van der Waals surface area contributed by atoms with Gasteiger partial charge in [0.15, 0.2) is 6.61 Å². The molecule has 2 heterocycles. The number of phenols is 1. The number of carbonyl (C=O) groups is 2. The molecule has 3 aromatic rings. The first-order valence-electron chi connectivity index (χ1n) is 8.74. The maximum absolute atomic E-state index is 12.6. The molecule has 0 saturated carbocycles. The number of aromatic hydroxyl groups is 1. The molecule has 1 N–H and O–H groups in total. The molecular weight excluding hydrogens is 398 g/mol. The molecule has 2 aromatic heterocycles. The number of rotatable bonds is 7. The Balaban J connectivity index is 1.65. The molecule has 1 aromatic carbocycles. The molecule has 0 atom stereocenters. The van der Waals surface area contributed by atoms with Crippen molar-refractivity contribution in [2.45, 2.75) is 26.8 Å². The van der Waals surface area contributed by atoms with Crippen LogP contribution in [0.4, 0.5) is 0 Å². The first-order valence-corrected chi connectivity index (χ1v) is 10.0. The molecule has 0 aliphatic carbocycles. The Morgan fingerprint density at radius 2 is 1.96 bits per heavy atom. The number of aromatic nitrogens is 1. The normalized spacial score (nSPS) is 10.8.